The van der Waals surface area contributed by atoms with Crippen molar-refractivity contribution >= 4 is 12.6 Å². The van der Waals surface area contributed by atoms with E-state index >= 15 is 0 Å². The number of carbonyl (C=O) groups is 2. The summed E-state index contributed by atoms with van der Waals surface area (Å²) in [7, 11) is 0. The van der Waals surface area contributed by atoms with Gasteiger partial charge >= 0.3 is 0 Å². The zero-order chi connectivity index (χ0) is 13.1. The van der Waals surface area contributed by atoms with Gasteiger partial charge in [0.05, 0.1) is 0 Å². The van der Waals surface area contributed by atoms with Crippen molar-refractivity contribution in [3.8, 4) is 0 Å². The van der Waals surface area contributed by atoms with Gasteiger partial charge in [-0.2, -0.15) is 0 Å². The fourth-order valence-corrected chi connectivity index (χ4v) is 1.99. The predicted molar refractivity (Wildman–Crippen MR) is 73.7 cm³/mol. The first kappa shape index (κ1) is 14.6. The van der Waals surface area contributed by atoms with Gasteiger partial charge in [-0.05, 0) is 49.7 Å². The van der Waals surface area contributed by atoms with Crippen molar-refractivity contribution in [2.75, 3.05) is 0 Å². The molecule has 0 heterocycles. The van der Waals surface area contributed by atoms with Gasteiger partial charge < -0.3 is 9.59 Å². The first-order valence-electron chi connectivity index (χ1n) is 6.82. The van der Waals surface area contributed by atoms with Crippen molar-refractivity contribution in [3.63, 3.8) is 0 Å². The average molecular weight is 246 g/mol. The van der Waals surface area contributed by atoms with E-state index in [-0.39, 0.29) is 0 Å². The minimum atomic E-state index is 0.675. The summed E-state index contributed by atoms with van der Waals surface area (Å²) >= 11 is 0. The molecule has 0 radical (unpaired) electrons. The van der Waals surface area contributed by atoms with Crippen molar-refractivity contribution in [1.82, 2.24) is 0 Å². The molecule has 0 aliphatic carbocycles. The highest BCUT2D eigenvalue weighted by atomic mass is 16.1. The normalized spacial score (nSPS) is 10.2. The van der Waals surface area contributed by atoms with E-state index in [4.69, 9.17) is 0 Å². The molecule has 0 bridgehead atoms. The molecule has 0 spiro atoms. The van der Waals surface area contributed by atoms with Gasteiger partial charge in [0.1, 0.15) is 12.6 Å². The number of aryl methyl sites for hydroxylation is 2. The topological polar surface area (TPSA) is 34.1 Å². The van der Waals surface area contributed by atoms with Crippen LogP contribution in [0.1, 0.15) is 49.7 Å². The van der Waals surface area contributed by atoms with Crippen LogP contribution in [0.2, 0.25) is 0 Å². The maximum Gasteiger partial charge on any atom is 0.119 e. The van der Waals surface area contributed by atoms with Gasteiger partial charge in [0.15, 0.2) is 0 Å². The number of aldehydes is 2. The Balaban J connectivity index is 2.24. The van der Waals surface area contributed by atoms with E-state index in [1.54, 1.807) is 0 Å². The number of rotatable bonds is 10. The zero-order valence-corrected chi connectivity index (χ0v) is 10.9. The van der Waals surface area contributed by atoms with E-state index in [0.717, 1.165) is 51.1 Å². The smallest absolute Gasteiger partial charge is 0.119 e. The SMILES string of the molecule is O=CCCCCc1ccc(CCCCC=O)cc1. The number of hydrogen-bond acceptors (Lipinski definition) is 2. The van der Waals surface area contributed by atoms with Crippen molar-refractivity contribution in [2.24, 2.45) is 0 Å². The Morgan fingerprint density at radius 3 is 1.39 bits per heavy atom. The number of unbranched alkanes of at least 4 members (excludes halogenated alkanes) is 4. The summed E-state index contributed by atoms with van der Waals surface area (Å²) < 4.78 is 0. The highest BCUT2D eigenvalue weighted by Gasteiger charge is 1.96. The molecule has 0 fully saturated rings. The largest absolute Gasteiger partial charge is 0.303 e. The quantitative estimate of drug-likeness (QED) is 0.467. The molecule has 2 nitrogen and oxygen atoms in total. The van der Waals surface area contributed by atoms with Gasteiger partial charge in [-0.3, -0.25) is 0 Å². The molecule has 98 valence electrons. The third kappa shape index (κ3) is 6.33. The molecule has 1 aromatic carbocycles. The summed E-state index contributed by atoms with van der Waals surface area (Å²) in [5.74, 6) is 0. The number of carbonyl (C=O) groups excluding carboxylic acids is 2. The maximum absolute atomic E-state index is 10.2. The van der Waals surface area contributed by atoms with Crippen LogP contribution in [0.4, 0.5) is 0 Å². The second-order valence-electron chi connectivity index (χ2n) is 4.64. The minimum Gasteiger partial charge on any atom is -0.303 e. The van der Waals surface area contributed by atoms with E-state index in [1.165, 1.54) is 11.1 Å². The summed E-state index contributed by atoms with van der Waals surface area (Å²) in [6.07, 6.45) is 9.57. The number of benzene rings is 1. The van der Waals surface area contributed by atoms with Crippen LogP contribution in [0.3, 0.4) is 0 Å². The van der Waals surface area contributed by atoms with E-state index in [0.29, 0.717) is 12.8 Å². The fraction of sp³-hybridized carbons (Fsp3) is 0.500. The molecule has 0 aromatic heterocycles. The van der Waals surface area contributed by atoms with Crippen molar-refractivity contribution in [3.05, 3.63) is 35.4 Å². The molecule has 0 aliphatic rings. The van der Waals surface area contributed by atoms with Gasteiger partial charge in [-0.15, -0.1) is 0 Å². The lowest BCUT2D eigenvalue weighted by atomic mass is 10.0. The molecule has 1 rings (SSSR count). The monoisotopic (exact) mass is 246 g/mol. The lowest BCUT2D eigenvalue weighted by Gasteiger charge is -2.03. The van der Waals surface area contributed by atoms with Crippen LogP contribution in [0.15, 0.2) is 24.3 Å². The molecule has 0 atom stereocenters. The zero-order valence-electron chi connectivity index (χ0n) is 10.9. The predicted octanol–water partition coefficient (Wildman–Crippen LogP) is 3.51. The van der Waals surface area contributed by atoms with Gasteiger partial charge in [0.2, 0.25) is 0 Å². The molecule has 0 saturated carbocycles. The lowest BCUT2D eigenvalue weighted by Crippen LogP contribution is -1.90. The Hall–Kier alpha value is -1.44. The van der Waals surface area contributed by atoms with Crippen LogP contribution < -0.4 is 0 Å². The van der Waals surface area contributed by atoms with E-state index < -0.39 is 0 Å². The molecule has 0 aliphatic heterocycles. The Kier molecular flexibility index (Phi) is 7.78. The first-order valence-corrected chi connectivity index (χ1v) is 6.82. The minimum absolute atomic E-state index is 0.675. The van der Waals surface area contributed by atoms with Crippen LogP contribution >= 0.6 is 0 Å². The van der Waals surface area contributed by atoms with Crippen LogP contribution in [0.25, 0.3) is 0 Å². The highest BCUT2D eigenvalue weighted by molar-refractivity contribution is 5.49. The maximum atomic E-state index is 10.2. The Morgan fingerprint density at radius 1 is 0.667 bits per heavy atom. The second-order valence-corrected chi connectivity index (χ2v) is 4.64. The first-order chi connectivity index (χ1) is 8.86. The van der Waals surface area contributed by atoms with Crippen molar-refractivity contribution < 1.29 is 9.59 Å². The Bertz CT molecular complexity index is 306. The molecule has 0 unspecified atom stereocenters. The van der Waals surface area contributed by atoms with Gasteiger partial charge in [-0.25, -0.2) is 0 Å². The van der Waals surface area contributed by atoms with E-state index in [9.17, 15) is 9.59 Å². The lowest BCUT2D eigenvalue weighted by molar-refractivity contribution is -0.108. The Morgan fingerprint density at radius 2 is 1.06 bits per heavy atom. The standard InChI is InChI=1S/C16H22O2/c17-13-5-1-3-7-15-9-11-16(12-10-15)8-4-2-6-14-18/h9-14H,1-8H2. The molecule has 18 heavy (non-hydrogen) atoms. The van der Waals surface area contributed by atoms with Crippen LogP contribution in [-0.2, 0) is 22.4 Å². The van der Waals surface area contributed by atoms with Crippen LogP contribution in [0, 0.1) is 0 Å². The summed E-state index contributed by atoms with van der Waals surface area (Å²) in [5, 5.41) is 0. The molecule has 2 heteroatoms. The average Bonchev–Trinajstić information content (AvgIpc) is 2.41. The molecule has 0 saturated heterocycles. The molecular formula is C16H22O2. The van der Waals surface area contributed by atoms with Gasteiger partial charge in [-0.1, -0.05) is 24.3 Å². The molecule has 0 N–H and O–H groups in total. The van der Waals surface area contributed by atoms with Crippen LogP contribution in [0.5, 0.6) is 0 Å². The van der Waals surface area contributed by atoms with E-state index in [1.807, 2.05) is 0 Å². The summed E-state index contributed by atoms with van der Waals surface area (Å²) in [6, 6.07) is 8.71. The second kappa shape index (κ2) is 9.58. The third-order valence-corrected chi connectivity index (χ3v) is 3.10. The van der Waals surface area contributed by atoms with Crippen LogP contribution in [-0.4, -0.2) is 12.6 Å². The van der Waals surface area contributed by atoms with Crippen molar-refractivity contribution in [1.29, 1.82) is 0 Å². The summed E-state index contributed by atoms with van der Waals surface area (Å²) in [5.41, 5.74) is 2.69. The summed E-state index contributed by atoms with van der Waals surface area (Å²) in [6.45, 7) is 0. The highest BCUT2D eigenvalue weighted by Crippen LogP contribution is 2.11. The van der Waals surface area contributed by atoms with Gasteiger partial charge in [0.25, 0.3) is 0 Å². The molecule has 0 amide bonds. The summed E-state index contributed by atoms with van der Waals surface area (Å²) in [4.78, 5) is 20.4. The number of hydrogen-bond donors (Lipinski definition) is 0. The van der Waals surface area contributed by atoms with Crippen molar-refractivity contribution in [2.45, 2.75) is 51.4 Å². The molecular weight excluding hydrogens is 224 g/mol. The Labute approximate surface area is 109 Å². The van der Waals surface area contributed by atoms with Gasteiger partial charge in [0, 0.05) is 12.8 Å². The third-order valence-electron chi connectivity index (χ3n) is 3.10. The van der Waals surface area contributed by atoms with E-state index in [2.05, 4.69) is 24.3 Å². The fourth-order valence-electron chi connectivity index (χ4n) is 1.99. The molecule has 1 aromatic rings.